The van der Waals surface area contributed by atoms with Crippen molar-refractivity contribution in [1.82, 2.24) is 0 Å². The molecule has 0 spiro atoms. The van der Waals surface area contributed by atoms with Crippen LogP contribution in [0.4, 0.5) is 5.69 Å². The van der Waals surface area contributed by atoms with E-state index in [1.807, 2.05) is 31.2 Å². The van der Waals surface area contributed by atoms with Gasteiger partial charge in [0.1, 0.15) is 11.5 Å². The molecule has 2 rings (SSSR count). The van der Waals surface area contributed by atoms with Gasteiger partial charge in [-0.05, 0) is 36.8 Å². The number of phenolic OH excluding ortho intramolecular Hbond substituents is 1. The maximum absolute atomic E-state index is 9.71. The van der Waals surface area contributed by atoms with Gasteiger partial charge in [-0.25, -0.2) is 0 Å². The number of hydrogen-bond acceptors (Lipinski definition) is 4. The third kappa shape index (κ3) is 3.25. The maximum Gasteiger partial charge on any atom is 0.124 e. The van der Waals surface area contributed by atoms with Gasteiger partial charge in [0.25, 0.3) is 0 Å². The largest absolute Gasteiger partial charge is 0.507 e. The Kier molecular flexibility index (Phi) is 4.03. The van der Waals surface area contributed by atoms with Crippen LogP contribution < -0.4 is 10.2 Å². The normalized spacial score (nSPS) is 10.6. The summed E-state index contributed by atoms with van der Waals surface area (Å²) >= 11 is 0. The van der Waals surface area contributed by atoms with Crippen molar-refractivity contribution in [1.29, 1.82) is 0 Å². The summed E-state index contributed by atoms with van der Waals surface area (Å²) in [6.07, 6.45) is 1.56. The summed E-state index contributed by atoms with van der Waals surface area (Å²) in [5.74, 6) is 0.839. The van der Waals surface area contributed by atoms with Gasteiger partial charge in [-0.1, -0.05) is 18.2 Å². The Balaban J connectivity index is 2.13. The number of phenols is 1. The van der Waals surface area contributed by atoms with E-state index in [4.69, 9.17) is 4.74 Å². The van der Waals surface area contributed by atoms with Crippen LogP contribution in [0.1, 0.15) is 11.1 Å². The number of hydrogen-bond donors (Lipinski definition) is 2. The molecule has 0 atom stereocenters. The predicted molar refractivity (Wildman–Crippen MR) is 77.1 cm³/mol. The average molecular weight is 256 g/mol. The Labute approximate surface area is 112 Å². The van der Waals surface area contributed by atoms with Crippen LogP contribution in [0, 0.1) is 6.92 Å². The Morgan fingerprint density at radius 3 is 2.74 bits per heavy atom. The highest BCUT2D eigenvalue weighted by Crippen LogP contribution is 2.21. The lowest BCUT2D eigenvalue weighted by atomic mass is 10.2. The second-order valence-electron chi connectivity index (χ2n) is 4.11. The molecule has 0 fully saturated rings. The molecule has 0 saturated carbocycles. The van der Waals surface area contributed by atoms with E-state index in [1.54, 1.807) is 31.5 Å². The van der Waals surface area contributed by atoms with E-state index in [-0.39, 0.29) is 5.75 Å². The van der Waals surface area contributed by atoms with E-state index in [9.17, 15) is 5.11 Å². The summed E-state index contributed by atoms with van der Waals surface area (Å²) in [6.45, 7) is 2.00. The number of aryl methyl sites for hydroxylation is 1. The van der Waals surface area contributed by atoms with Gasteiger partial charge in [-0.15, -0.1) is 0 Å². The third-order valence-corrected chi connectivity index (χ3v) is 2.77. The minimum Gasteiger partial charge on any atom is -0.507 e. The fourth-order valence-corrected chi connectivity index (χ4v) is 1.63. The fourth-order valence-electron chi connectivity index (χ4n) is 1.63. The summed E-state index contributed by atoms with van der Waals surface area (Å²) < 4.78 is 5.10. The SMILES string of the molecule is COc1ccc(O)c(/C=N\Nc2ccccc2C)c1. The van der Waals surface area contributed by atoms with Crippen LogP contribution in [0.2, 0.25) is 0 Å². The molecule has 0 aliphatic heterocycles. The number of rotatable bonds is 4. The molecule has 0 aromatic heterocycles. The standard InChI is InChI=1S/C15H16N2O2/c1-11-5-3-4-6-14(11)17-16-10-12-9-13(19-2)7-8-15(12)18/h3-10,17-18H,1-2H3/b16-10-. The van der Waals surface area contributed by atoms with Crippen LogP contribution in [0.15, 0.2) is 47.6 Å². The molecular formula is C15H16N2O2. The summed E-state index contributed by atoms with van der Waals surface area (Å²) in [5, 5.41) is 13.8. The number of aromatic hydroxyl groups is 1. The highest BCUT2D eigenvalue weighted by molar-refractivity contribution is 5.84. The first-order valence-electron chi connectivity index (χ1n) is 5.92. The first-order chi connectivity index (χ1) is 9.20. The summed E-state index contributed by atoms with van der Waals surface area (Å²) in [5.41, 5.74) is 5.58. The number of nitrogens with zero attached hydrogens (tertiary/aromatic N) is 1. The lowest BCUT2D eigenvalue weighted by molar-refractivity contribution is 0.412. The highest BCUT2D eigenvalue weighted by atomic mass is 16.5. The van der Waals surface area contributed by atoms with Crippen molar-refractivity contribution < 1.29 is 9.84 Å². The van der Waals surface area contributed by atoms with Crippen molar-refractivity contribution in [3.8, 4) is 11.5 Å². The Morgan fingerprint density at radius 1 is 1.21 bits per heavy atom. The molecule has 2 aromatic rings. The monoisotopic (exact) mass is 256 g/mol. The molecule has 2 N–H and O–H groups in total. The van der Waals surface area contributed by atoms with Crippen LogP contribution in [0.3, 0.4) is 0 Å². The van der Waals surface area contributed by atoms with Gasteiger partial charge in [0.2, 0.25) is 0 Å². The Morgan fingerprint density at radius 2 is 2.00 bits per heavy atom. The molecule has 4 heteroatoms. The van der Waals surface area contributed by atoms with Crippen molar-refractivity contribution in [3.05, 3.63) is 53.6 Å². The maximum atomic E-state index is 9.71. The second-order valence-corrected chi connectivity index (χ2v) is 4.11. The van der Waals surface area contributed by atoms with Crippen molar-refractivity contribution in [2.24, 2.45) is 5.10 Å². The molecule has 0 heterocycles. The predicted octanol–water partition coefficient (Wildman–Crippen LogP) is 3.16. The lowest BCUT2D eigenvalue weighted by Gasteiger charge is -2.05. The van der Waals surface area contributed by atoms with Crippen molar-refractivity contribution in [2.45, 2.75) is 6.92 Å². The van der Waals surface area contributed by atoms with Gasteiger partial charge in [-0.3, -0.25) is 5.43 Å². The minimum absolute atomic E-state index is 0.163. The van der Waals surface area contributed by atoms with Gasteiger partial charge in [0, 0.05) is 5.56 Å². The molecule has 4 nitrogen and oxygen atoms in total. The first-order valence-corrected chi connectivity index (χ1v) is 5.92. The van der Waals surface area contributed by atoms with Crippen LogP contribution >= 0.6 is 0 Å². The van der Waals surface area contributed by atoms with Crippen molar-refractivity contribution >= 4 is 11.9 Å². The minimum atomic E-state index is 0.163. The van der Waals surface area contributed by atoms with Gasteiger partial charge < -0.3 is 9.84 Å². The highest BCUT2D eigenvalue weighted by Gasteiger charge is 2.00. The molecule has 0 amide bonds. The quantitative estimate of drug-likeness (QED) is 0.652. The molecule has 0 unspecified atom stereocenters. The zero-order chi connectivity index (χ0) is 13.7. The zero-order valence-corrected chi connectivity index (χ0v) is 10.9. The van der Waals surface area contributed by atoms with E-state index in [1.165, 1.54) is 0 Å². The van der Waals surface area contributed by atoms with Crippen LogP contribution in [-0.4, -0.2) is 18.4 Å². The molecular weight excluding hydrogens is 240 g/mol. The fraction of sp³-hybridized carbons (Fsp3) is 0.133. The smallest absolute Gasteiger partial charge is 0.124 e. The molecule has 0 radical (unpaired) electrons. The number of hydrazone groups is 1. The lowest BCUT2D eigenvalue weighted by Crippen LogP contribution is -1.93. The van der Waals surface area contributed by atoms with Crippen molar-refractivity contribution in [3.63, 3.8) is 0 Å². The topological polar surface area (TPSA) is 53.9 Å². The summed E-state index contributed by atoms with van der Waals surface area (Å²) in [4.78, 5) is 0. The van der Waals surface area contributed by atoms with Crippen LogP contribution in [0.25, 0.3) is 0 Å². The van der Waals surface area contributed by atoms with Crippen molar-refractivity contribution in [2.75, 3.05) is 12.5 Å². The van der Waals surface area contributed by atoms with Crippen LogP contribution in [-0.2, 0) is 0 Å². The number of methoxy groups -OCH3 is 1. The number of anilines is 1. The molecule has 98 valence electrons. The number of nitrogens with one attached hydrogen (secondary N) is 1. The Bertz CT molecular complexity index is 594. The van der Waals surface area contributed by atoms with E-state index in [0.29, 0.717) is 11.3 Å². The molecule has 2 aromatic carbocycles. The summed E-state index contributed by atoms with van der Waals surface area (Å²) in [6, 6.07) is 12.8. The van der Waals surface area contributed by atoms with Gasteiger partial charge in [0.15, 0.2) is 0 Å². The molecule has 19 heavy (non-hydrogen) atoms. The number of ether oxygens (including phenoxy) is 1. The summed E-state index contributed by atoms with van der Waals surface area (Å²) in [7, 11) is 1.58. The number of benzene rings is 2. The molecule has 0 bridgehead atoms. The van der Waals surface area contributed by atoms with E-state index in [0.717, 1.165) is 11.3 Å². The first kappa shape index (κ1) is 13.0. The van der Waals surface area contributed by atoms with E-state index < -0.39 is 0 Å². The van der Waals surface area contributed by atoms with Gasteiger partial charge in [0.05, 0.1) is 19.0 Å². The van der Waals surface area contributed by atoms with E-state index >= 15 is 0 Å². The number of para-hydroxylation sites is 1. The molecule has 0 aliphatic rings. The molecule has 0 aliphatic carbocycles. The van der Waals surface area contributed by atoms with E-state index in [2.05, 4.69) is 10.5 Å². The van der Waals surface area contributed by atoms with Gasteiger partial charge >= 0.3 is 0 Å². The second kappa shape index (κ2) is 5.91. The average Bonchev–Trinajstić information content (AvgIpc) is 2.43. The zero-order valence-electron chi connectivity index (χ0n) is 10.9. The molecule has 0 saturated heterocycles. The van der Waals surface area contributed by atoms with Gasteiger partial charge in [-0.2, -0.15) is 5.10 Å². The Hall–Kier alpha value is -2.49. The third-order valence-electron chi connectivity index (χ3n) is 2.77. The van der Waals surface area contributed by atoms with Crippen LogP contribution in [0.5, 0.6) is 11.5 Å².